The molecule has 0 spiro atoms. The van der Waals surface area contributed by atoms with Crippen molar-refractivity contribution in [2.75, 3.05) is 0 Å². The van der Waals surface area contributed by atoms with Gasteiger partial charge in [0.15, 0.2) is 0 Å². The molecule has 0 N–H and O–H groups in total. The lowest BCUT2D eigenvalue weighted by Gasteiger charge is -2.29. The first kappa shape index (κ1) is 19.7. The van der Waals surface area contributed by atoms with Crippen LogP contribution in [0, 0.1) is 24.2 Å². The first-order valence-corrected chi connectivity index (χ1v) is 10.8. The van der Waals surface area contributed by atoms with Crippen LogP contribution in [0.5, 0.6) is 0 Å². The highest BCUT2D eigenvalue weighted by molar-refractivity contribution is 5.39. The summed E-state index contributed by atoms with van der Waals surface area (Å²) in [7, 11) is 0. The minimum absolute atomic E-state index is 0.776. The second kappa shape index (κ2) is 9.75. The molecular weight excluding hydrogens is 326 g/mol. The summed E-state index contributed by atoms with van der Waals surface area (Å²) in [6, 6.07) is 17.8. The van der Waals surface area contributed by atoms with Crippen molar-refractivity contribution in [3.8, 4) is 6.07 Å². The molecule has 3 rings (SSSR count). The summed E-state index contributed by atoms with van der Waals surface area (Å²) in [6.07, 6.45) is 11.9. The molecule has 0 aliphatic heterocycles. The van der Waals surface area contributed by atoms with E-state index in [9.17, 15) is 0 Å². The smallest absolute Gasteiger partial charge is 0.0994 e. The fourth-order valence-corrected chi connectivity index (χ4v) is 4.53. The highest BCUT2D eigenvalue weighted by atomic mass is 14.3. The van der Waals surface area contributed by atoms with E-state index in [-0.39, 0.29) is 0 Å². The third-order valence-electron chi connectivity index (χ3n) is 6.38. The van der Waals surface area contributed by atoms with E-state index in [0.717, 1.165) is 35.8 Å². The SMILES string of the molecule is CCCCC1CCC(c2ccc(CCc3ccc(C#N)c(C)c3)cc2)CC1. The van der Waals surface area contributed by atoms with E-state index in [1.165, 1.54) is 56.1 Å². The van der Waals surface area contributed by atoms with Gasteiger partial charge in [-0.2, -0.15) is 5.26 Å². The summed E-state index contributed by atoms with van der Waals surface area (Å²) >= 11 is 0. The van der Waals surface area contributed by atoms with Crippen LogP contribution in [0.3, 0.4) is 0 Å². The number of hydrogen-bond donors (Lipinski definition) is 0. The van der Waals surface area contributed by atoms with Gasteiger partial charge in [0, 0.05) is 0 Å². The minimum Gasteiger partial charge on any atom is -0.192 e. The standard InChI is InChI=1S/C26H33N/c1-3-4-5-21-8-13-24(14-9-21)25-15-10-22(11-16-25)6-7-23-12-17-26(19-27)20(2)18-23/h10-12,15-18,21,24H,3-9,13-14H2,1-2H3. The van der Waals surface area contributed by atoms with Crippen molar-refractivity contribution >= 4 is 0 Å². The fraction of sp³-hybridized carbons (Fsp3) is 0.500. The zero-order chi connectivity index (χ0) is 19.1. The van der Waals surface area contributed by atoms with Gasteiger partial charge in [0.05, 0.1) is 11.6 Å². The van der Waals surface area contributed by atoms with Gasteiger partial charge in [-0.25, -0.2) is 0 Å². The molecule has 0 bridgehead atoms. The highest BCUT2D eigenvalue weighted by Crippen LogP contribution is 2.37. The molecule has 0 heterocycles. The first-order valence-electron chi connectivity index (χ1n) is 10.8. The zero-order valence-electron chi connectivity index (χ0n) is 17.0. The Morgan fingerprint density at radius 2 is 1.59 bits per heavy atom. The van der Waals surface area contributed by atoms with Crippen molar-refractivity contribution in [3.63, 3.8) is 0 Å². The lowest BCUT2D eigenvalue weighted by atomic mass is 9.77. The van der Waals surface area contributed by atoms with Crippen LogP contribution in [0.4, 0.5) is 0 Å². The van der Waals surface area contributed by atoms with Gasteiger partial charge in [0.2, 0.25) is 0 Å². The van der Waals surface area contributed by atoms with Crippen molar-refractivity contribution in [3.05, 3.63) is 70.3 Å². The Morgan fingerprint density at radius 3 is 2.22 bits per heavy atom. The summed E-state index contributed by atoms with van der Waals surface area (Å²) in [5.74, 6) is 1.76. The number of benzene rings is 2. The zero-order valence-corrected chi connectivity index (χ0v) is 17.0. The van der Waals surface area contributed by atoms with Gasteiger partial charge in [-0.1, -0.05) is 62.6 Å². The fourth-order valence-electron chi connectivity index (χ4n) is 4.53. The summed E-state index contributed by atoms with van der Waals surface area (Å²) < 4.78 is 0. The van der Waals surface area contributed by atoms with E-state index in [1.54, 1.807) is 5.56 Å². The topological polar surface area (TPSA) is 23.8 Å². The number of hydrogen-bond acceptors (Lipinski definition) is 1. The predicted octanol–water partition coefficient (Wildman–Crippen LogP) is 7.12. The average molecular weight is 360 g/mol. The molecule has 0 radical (unpaired) electrons. The van der Waals surface area contributed by atoms with E-state index >= 15 is 0 Å². The van der Waals surface area contributed by atoms with Gasteiger partial charge in [0.1, 0.15) is 0 Å². The van der Waals surface area contributed by atoms with E-state index in [2.05, 4.69) is 49.4 Å². The lowest BCUT2D eigenvalue weighted by molar-refractivity contribution is 0.304. The Balaban J connectivity index is 1.51. The van der Waals surface area contributed by atoms with Crippen molar-refractivity contribution in [1.29, 1.82) is 5.26 Å². The Labute approximate surface area is 165 Å². The Kier molecular flexibility index (Phi) is 7.11. The monoisotopic (exact) mass is 359 g/mol. The molecule has 142 valence electrons. The first-order chi connectivity index (χ1) is 13.2. The number of nitrogens with zero attached hydrogens (tertiary/aromatic N) is 1. The second-order valence-corrected chi connectivity index (χ2v) is 8.36. The van der Waals surface area contributed by atoms with E-state index in [0.29, 0.717) is 0 Å². The molecule has 0 saturated heterocycles. The maximum atomic E-state index is 9.05. The summed E-state index contributed by atoms with van der Waals surface area (Å²) in [4.78, 5) is 0. The van der Waals surface area contributed by atoms with Crippen LogP contribution >= 0.6 is 0 Å². The van der Waals surface area contributed by atoms with Crippen LogP contribution in [0.2, 0.25) is 0 Å². The van der Waals surface area contributed by atoms with Crippen LogP contribution < -0.4 is 0 Å². The summed E-state index contributed by atoms with van der Waals surface area (Å²) in [5.41, 5.74) is 6.15. The lowest BCUT2D eigenvalue weighted by Crippen LogP contribution is -2.13. The van der Waals surface area contributed by atoms with Gasteiger partial charge in [-0.05, 0) is 85.6 Å². The van der Waals surface area contributed by atoms with Crippen LogP contribution in [-0.4, -0.2) is 0 Å². The Bertz CT molecular complexity index is 758. The van der Waals surface area contributed by atoms with E-state index in [1.807, 2.05) is 13.0 Å². The van der Waals surface area contributed by atoms with Gasteiger partial charge in [-0.15, -0.1) is 0 Å². The molecule has 1 aliphatic carbocycles. The second-order valence-electron chi connectivity index (χ2n) is 8.36. The molecule has 27 heavy (non-hydrogen) atoms. The van der Waals surface area contributed by atoms with Crippen molar-refractivity contribution in [2.24, 2.45) is 5.92 Å². The molecule has 0 unspecified atom stereocenters. The van der Waals surface area contributed by atoms with Gasteiger partial charge in [-0.3, -0.25) is 0 Å². The number of nitriles is 1. The molecule has 1 nitrogen and oxygen atoms in total. The van der Waals surface area contributed by atoms with E-state index < -0.39 is 0 Å². The molecule has 0 atom stereocenters. The van der Waals surface area contributed by atoms with Crippen LogP contribution in [-0.2, 0) is 12.8 Å². The van der Waals surface area contributed by atoms with Gasteiger partial charge >= 0.3 is 0 Å². The van der Waals surface area contributed by atoms with Gasteiger partial charge < -0.3 is 0 Å². The number of rotatable bonds is 7. The number of unbranched alkanes of at least 4 members (excludes halogenated alkanes) is 1. The van der Waals surface area contributed by atoms with Crippen molar-refractivity contribution in [2.45, 2.75) is 77.6 Å². The predicted molar refractivity (Wildman–Crippen MR) is 114 cm³/mol. The molecule has 1 aliphatic rings. The third-order valence-corrected chi connectivity index (χ3v) is 6.38. The Morgan fingerprint density at radius 1 is 0.926 bits per heavy atom. The molecule has 0 aromatic heterocycles. The quantitative estimate of drug-likeness (QED) is 0.516. The summed E-state index contributed by atoms with van der Waals surface area (Å²) in [5, 5.41) is 9.05. The maximum Gasteiger partial charge on any atom is 0.0994 e. The van der Waals surface area contributed by atoms with Crippen molar-refractivity contribution in [1.82, 2.24) is 0 Å². The van der Waals surface area contributed by atoms with E-state index in [4.69, 9.17) is 5.26 Å². The molecule has 2 aromatic rings. The van der Waals surface area contributed by atoms with Crippen LogP contribution in [0.15, 0.2) is 42.5 Å². The Hall–Kier alpha value is -2.07. The van der Waals surface area contributed by atoms with Crippen LogP contribution in [0.25, 0.3) is 0 Å². The molecular formula is C26H33N. The maximum absolute atomic E-state index is 9.05. The normalized spacial score (nSPS) is 19.6. The molecule has 2 aromatic carbocycles. The number of aryl methyl sites for hydroxylation is 3. The molecule has 1 saturated carbocycles. The van der Waals surface area contributed by atoms with Crippen LogP contribution in [0.1, 0.15) is 85.6 Å². The van der Waals surface area contributed by atoms with Crippen molar-refractivity contribution < 1.29 is 0 Å². The molecule has 1 fully saturated rings. The largest absolute Gasteiger partial charge is 0.192 e. The minimum atomic E-state index is 0.776. The average Bonchev–Trinajstić information content (AvgIpc) is 2.71. The molecule has 1 heteroatoms. The third kappa shape index (κ3) is 5.46. The molecule has 0 amide bonds. The summed E-state index contributed by atoms with van der Waals surface area (Å²) in [6.45, 7) is 4.32. The van der Waals surface area contributed by atoms with Gasteiger partial charge in [0.25, 0.3) is 0 Å². The highest BCUT2D eigenvalue weighted by Gasteiger charge is 2.21.